The number of aromatic nitrogens is 1. The number of carbonyl (C=O) groups excluding carboxylic acids is 2. The maximum atomic E-state index is 13.0. The first-order valence-corrected chi connectivity index (χ1v) is 10.6. The predicted octanol–water partition coefficient (Wildman–Crippen LogP) is 5.34. The summed E-state index contributed by atoms with van der Waals surface area (Å²) in [5.41, 5.74) is -1.69. The Balaban J connectivity index is 1.53. The van der Waals surface area contributed by atoms with Gasteiger partial charge in [0.25, 0.3) is 5.91 Å². The van der Waals surface area contributed by atoms with Crippen LogP contribution in [0.2, 0.25) is 0 Å². The molecule has 170 valence electrons. The smallest absolute Gasteiger partial charge is 0.446 e. The van der Waals surface area contributed by atoms with E-state index in [1.54, 1.807) is 25.6 Å². The minimum atomic E-state index is -4.41. The number of pyridine rings is 1. The Morgan fingerprint density at radius 2 is 1.73 bits per heavy atom. The molecular formula is C23H18F3N3O3S. The maximum Gasteiger partial charge on any atom is 0.446 e. The number of urea groups is 1. The molecule has 0 N–H and O–H groups in total. The van der Waals surface area contributed by atoms with Gasteiger partial charge < -0.3 is 9.64 Å². The van der Waals surface area contributed by atoms with Gasteiger partial charge in [-0.2, -0.15) is 13.2 Å². The molecule has 1 aliphatic heterocycles. The van der Waals surface area contributed by atoms with Crippen LogP contribution in [0.25, 0.3) is 11.1 Å². The molecule has 0 saturated carbocycles. The lowest BCUT2D eigenvalue weighted by atomic mass is 10.0. The summed E-state index contributed by atoms with van der Waals surface area (Å²) in [4.78, 5) is 32.1. The lowest BCUT2D eigenvalue weighted by Crippen LogP contribution is -2.32. The van der Waals surface area contributed by atoms with Gasteiger partial charge in [-0.25, -0.2) is 9.69 Å². The Labute approximate surface area is 192 Å². The van der Waals surface area contributed by atoms with Gasteiger partial charge in [0, 0.05) is 29.4 Å². The van der Waals surface area contributed by atoms with Crippen LogP contribution in [0.1, 0.15) is 5.56 Å². The van der Waals surface area contributed by atoms with Crippen molar-refractivity contribution in [3.8, 4) is 16.9 Å². The molecule has 10 heteroatoms. The van der Waals surface area contributed by atoms with Crippen LogP contribution in [-0.4, -0.2) is 41.0 Å². The second kappa shape index (κ2) is 9.14. The number of methoxy groups -OCH3 is 1. The number of hydrogen-bond donors (Lipinski definition) is 0. The van der Waals surface area contributed by atoms with Crippen LogP contribution in [0.3, 0.4) is 0 Å². The first-order valence-electron chi connectivity index (χ1n) is 9.80. The fraction of sp³-hybridized carbons (Fsp3) is 0.174. The molecule has 6 nitrogen and oxygen atoms in total. The Bertz CT molecular complexity index is 1170. The topological polar surface area (TPSA) is 62.7 Å². The van der Waals surface area contributed by atoms with Gasteiger partial charge in [0.2, 0.25) is 0 Å². The van der Waals surface area contributed by atoms with Gasteiger partial charge in [-0.05, 0) is 65.4 Å². The largest absolute Gasteiger partial charge is 0.497 e. The average molecular weight is 473 g/mol. The molecule has 1 aromatic heterocycles. The molecule has 4 rings (SSSR count). The average Bonchev–Trinajstić information content (AvgIpc) is 3.06. The molecule has 1 aliphatic rings. The van der Waals surface area contributed by atoms with Crippen molar-refractivity contribution in [3.63, 3.8) is 0 Å². The van der Waals surface area contributed by atoms with Gasteiger partial charge in [0.1, 0.15) is 12.3 Å². The van der Waals surface area contributed by atoms with Crippen molar-refractivity contribution in [3.05, 3.63) is 72.6 Å². The summed E-state index contributed by atoms with van der Waals surface area (Å²) in [6, 6.07) is 13.8. The van der Waals surface area contributed by atoms with E-state index < -0.39 is 17.4 Å². The van der Waals surface area contributed by atoms with Crippen LogP contribution in [0, 0.1) is 0 Å². The van der Waals surface area contributed by atoms with Crippen molar-refractivity contribution in [2.24, 2.45) is 0 Å². The van der Waals surface area contributed by atoms with Crippen molar-refractivity contribution in [2.75, 3.05) is 18.6 Å². The van der Waals surface area contributed by atoms with Crippen LogP contribution in [0.15, 0.2) is 71.9 Å². The molecular weight excluding hydrogens is 455 g/mol. The quantitative estimate of drug-likeness (QED) is 0.357. The fourth-order valence-corrected chi connectivity index (χ4v) is 4.06. The van der Waals surface area contributed by atoms with Crippen LogP contribution < -0.4 is 9.64 Å². The molecule has 0 atom stereocenters. The van der Waals surface area contributed by atoms with Crippen LogP contribution >= 0.6 is 11.8 Å². The minimum Gasteiger partial charge on any atom is -0.497 e. The second-order valence-electron chi connectivity index (χ2n) is 7.17. The highest BCUT2D eigenvalue weighted by molar-refractivity contribution is 8.00. The fourth-order valence-electron chi connectivity index (χ4n) is 3.52. The highest BCUT2D eigenvalue weighted by Gasteiger charge is 2.37. The normalized spacial score (nSPS) is 14.2. The first-order chi connectivity index (χ1) is 15.7. The molecule has 0 aliphatic carbocycles. The molecule has 3 amide bonds. The zero-order valence-electron chi connectivity index (χ0n) is 17.4. The molecule has 0 unspecified atom stereocenters. The number of hydrogen-bond acceptors (Lipinski definition) is 5. The van der Waals surface area contributed by atoms with Crippen molar-refractivity contribution >= 4 is 29.4 Å². The standard InChI is InChI=1S/C23H18F3N3O3S/c1-32-18-6-2-15(3-7-18)20-12-27-11-10-16(20)13-28-14-21(30)29(22(28)31)17-4-8-19(9-5-17)33-23(24,25)26/h2-12H,13-14H2,1H3. The van der Waals surface area contributed by atoms with Crippen molar-refractivity contribution < 1.29 is 27.5 Å². The van der Waals surface area contributed by atoms with Gasteiger partial charge in [0.05, 0.1) is 12.8 Å². The van der Waals surface area contributed by atoms with Gasteiger partial charge in [0.15, 0.2) is 0 Å². The third kappa shape index (κ3) is 5.11. The number of anilines is 1. The number of halogens is 3. The molecule has 1 fully saturated rings. The summed E-state index contributed by atoms with van der Waals surface area (Å²) < 4.78 is 42.8. The van der Waals surface area contributed by atoms with E-state index in [9.17, 15) is 22.8 Å². The van der Waals surface area contributed by atoms with Gasteiger partial charge >= 0.3 is 11.5 Å². The van der Waals surface area contributed by atoms with Gasteiger partial charge in [-0.3, -0.25) is 9.78 Å². The van der Waals surface area contributed by atoms with E-state index in [2.05, 4.69) is 4.98 Å². The summed E-state index contributed by atoms with van der Waals surface area (Å²) in [6.07, 6.45) is 3.30. The van der Waals surface area contributed by atoms with Crippen molar-refractivity contribution in [1.29, 1.82) is 0 Å². The minimum absolute atomic E-state index is 0.0249. The summed E-state index contributed by atoms with van der Waals surface area (Å²) in [7, 11) is 1.58. The van der Waals surface area contributed by atoms with Crippen LogP contribution in [0.4, 0.5) is 23.7 Å². The molecule has 33 heavy (non-hydrogen) atoms. The SMILES string of the molecule is COc1ccc(-c2cnccc2CN2CC(=O)N(c3ccc(SC(F)(F)F)cc3)C2=O)cc1. The Hall–Kier alpha value is -3.53. The Morgan fingerprint density at radius 3 is 2.36 bits per heavy atom. The molecule has 1 saturated heterocycles. The third-order valence-corrected chi connectivity index (χ3v) is 5.78. The highest BCUT2D eigenvalue weighted by Crippen LogP contribution is 2.37. The van der Waals surface area contributed by atoms with Crippen LogP contribution in [0.5, 0.6) is 5.75 Å². The van der Waals surface area contributed by atoms with E-state index in [-0.39, 0.29) is 35.4 Å². The van der Waals surface area contributed by atoms with E-state index >= 15 is 0 Å². The Kier molecular flexibility index (Phi) is 6.28. The van der Waals surface area contributed by atoms with Crippen molar-refractivity contribution in [2.45, 2.75) is 16.9 Å². The van der Waals surface area contributed by atoms with E-state index in [0.29, 0.717) is 5.75 Å². The molecule has 0 spiro atoms. The number of benzene rings is 2. The highest BCUT2D eigenvalue weighted by atomic mass is 32.2. The monoisotopic (exact) mass is 473 g/mol. The number of alkyl halides is 3. The lowest BCUT2D eigenvalue weighted by molar-refractivity contribution is -0.116. The number of imide groups is 1. The van der Waals surface area contributed by atoms with Gasteiger partial charge in [-0.15, -0.1) is 0 Å². The number of nitrogens with zero attached hydrogens (tertiary/aromatic N) is 3. The molecule has 0 bridgehead atoms. The van der Waals surface area contributed by atoms with E-state index in [1.165, 1.54) is 29.2 Å². The lowest BCUT2D eigenvalue weighted by Gasteiger charge is -2.19. The third-order valence-electron chi connectivity index (χ3n) is 5.04. The summed E-state index contributed by atoms with van der Waals surface area (Å²) in [5.74, 6) is 0.260. The van der Waals surface area contributed by atoms with E-state index in [0.717, 1.165) is 21.6 Å². The van der Waals surface area contributed by atoms with Crippen LogP contribution in [-0.2, 0) is 11.3 Å². The molecule has 3 aromatic rings. The van der Waals surface area contributed by atoms with Crippen molar-refractivity contribution in [1.82, 2.24) is 9.88 Å². The number of rotatable bonds is 6. The second-order valence-corrected chi connectivity index (χ2v) is 8.31. The van der Waals surface area contributed by atoms with E-state index in [1.807, 2.05) is 24.3 Å². The Morgan fingerprint density at radius 1 is 1.03 bits per heavy atom. The number of carbonyl (C=O) groups is 2. The molecule has 2 aromatic carbocycles. The molecule has 2 heterocycles. The number of amides is 3. The number of thioether (sulfide) groups is 1. The first kappa shape index (κ1) is 22.7. The summed E-state index contributed by atoms with van der Waals surface area (Å²) >= 11 is -0.255. The van der Waals surface area contributed by atoms with E-state index in [4.69, 9.17) is 4.74 Å². The predicted molar refractivity (Wildman–Crippen MR) is 118 cm³/mol. The molecule has 0 radical (unpaired) electrons. The zero-order chi connectivity index (χ0) is 23.6. The zero-order valence-corrected chi connectivity index (χ0v) is 18.2. The van der Waals surface area contributed by atoms with Gasteiger partial charge in [-0.1, -0.05) is 12.1 Å². The maximum absolute atomic E-state index is 13.0. The summed E-state index contributed by atoms with van der Waals surface area (Å²) in [5, 5.41) is 0. The number of ether oxygens (including phenoxy) is 1. The summed E-state index contributed by atoms with van der Waals surface area (Å²) in [6.45, 7) is 0.0369.